The number of benzene rings is 1. The van der Waals surface area contributed by atoms with E-state index >= 15 is 0 Å². The second-order valence-electron chi connectivity index (χ2n) is 4.32. The molecule has 1 nitrogen and oxygen atoms in total. The first-order valence-electron chi connectivity index (χ1n) is 5.27. The van der Waals surface area contributed by atoms with Gasteiger partial charge < -0.3 is 5.73 Å². The maximum Gasteiger partial charge on any atom is 0.130 e. The summed E-state index contributed by atoms with van der Waals surface area (Å²) in [5.74, 6) is -0.242. The van der Waals surface area contributed by atoms with Crippen molar-refractivity contribution < 1.29 is 8.78 Å². The Hall–Kier alpha value is -0.960. The molecule has 1 aromatic carbocycles. The molecule has 3 heteroatoms. The summed E-state index contributed by atoms with van der Waals surface area (Å²) < 4.78 is 27.2. The van der Waals surface area contributed by atoms with E-state index in [2.05, 4.69) is 0 Å². The van der Waals surface area contributed by atoms with E-state index in [1.54, 1.807) is 12.1 Å². The smallest absolute Gasteiger partial charge is 0.130 e. The average Bonchev–Trinajstić information content (AvgIpc) is 3.01. The van der Waals surface area contributed by atoms with Gasteiger partial charge in [0.2, 0.25) is 0 Å². The van der Waals surface area contributed by atoms with Crippen LogP contribution in [0.15, 0.2) is 24.3 Å². The van der Waals surface area contributed by atoms with Crippen molar-refractivity contribution in [3.8, 4) is 0 Å². The highest BCUT2D eigenvalue weighted by molar-refractivity contribution is 5.20. The molecule has 15 heavy (non-hydrogen) atoms. The lowest BCUT2D eigenvalue weighted by Crippen LogP contribution is -2.37. The van der Waals surface area contributed by atoms with Gasteiger partial charge in [0.05, 0.1) is 0 Å². The van der Waals surface area contributed by atoms with Crippen molar-refractivity contribution in [2.24, 2.45) is 11.7 Å². The van der Waals surface area contributed by atoms with Crippen molar-refractivity contribution in [1.29, 1.82) is 0 Å². The molecule has 0 amide bonds. The third-order valence-corrected chi connectivity index (χ3v) is 3.04. The Kier molecular flexibility index (Phi) is 2.74. The van der Waals surface area contributed by atoms with Crippen LogP contribution < -0.4 is 5.73 Å². The fourth-order valence-electron chi connectivity index (χ4n) is 1.97. The predicted octanol–water partition coefficient (Wildman–Crippen LogP) is 2.45. The van der Waals surface area contributed by atoms with Gasteiger partial charge in [-0.05, 0) is 36.5 Å². The van der Waals surface area contributed by atoms with Crippen LogP contribution in [-0.4, -0.2) is 12.2 Å². The lowest BCUT2D eigenvalue weighted by molar-refractivity contribution is 0.142. The number of hydrogen-bond acceptors (Lipinski definition) is 1. The number of nitrogens with two attached hydrogens (primary N) is 1. The molecule has 1 fully saturated rings. The van der Waals surface area contributed by atoms with Crippen molar-refractivity contribution in [1.82, 2.24) is 0 Å². The van der Waals surface area contributed by atoms with Crippen LogP contribution in [0.4, 0.5) is 8.78 Å². The molecule has 0 bridgehead atoms. The molecule has 2 N–H and O–H groups in total. The summed E-state index contributed by atoms with van der Waals surface area (Å²) in [7, 11) is 0. The Bertz CT molecular complexity index is 349. The Morgan fingerprint density at radius 2 is 2.13 bits per heavy atom. The van der Waals surface area contributed by atoms with Crippen molar-refractivity contribution in [3.63, 3.8) is 0 Å². The van der Waals surface area contributed by atoms with E-state index in [0.29, 0.717) is 5.56 Å². The van der Waals surface area contributed by atoms with Crippen LogP contribution >= 0.6 is 0 Å². The second kappa shape index (κ2) is 3.89. The van der Waals surface area contributed by atoms with Crippen LogP contribution in [0.5, 0.6) is 0 Å². The first-order chi connectivity index (χ1) is 7.14. The minimum absolute atomic E-state index is 0.0220. The summed E-state index contributed by atoms with van der Waals surface area (Å²) in [6.07, 6.45) is 2.04. The van der Waals surface area contributed by atoms with Crippen molar-refractivity contribution >= 4 is 0 Å². The van der Waals surface area contributed by atoms with Gasteiger partial charge in [-0.3, -0.25) is 0 Å². The van der Waals surface area contributed by atoms with E-state index in [9.17, 15) is 8.78 Å². The summed E-state index contributed by atoms with van der Waals surface area (Å²) >= 11 is 0. The Balaban J connectivity index is 2.12. The lowest BCUT2D eigenvalue weighted by atomic mass is 9.91. The molecule has 2 rings (SSSR count). The molecule has 0 aromatic heterocycles. The van der Waals surface area contributed by atoms with E-state index in [1.165, 1.54) is 12.1 Å². The highest BCUT2D eigenvalue weighted by atomic mass is 19.1. The van der Waals surface area contributed by atoms with Gasteiger partial charge in [-0.2, -0.15) is 0 Å². The van der Waals surface area contributed by atoms with E-state index in [-0.39, 0.29) is 24.7 Å². The van der Waals surface area contributed by atoms with Gasteiger partial charge in [0.15, 0.2) is 0 Å². The van der Waals surface area contributed by atoms with Gasteiger partial charge in [0, 0.05) is 13.0 Å². The number of rotatable bonds is 4. The molecular weight excluding hydrogens is 196 g/mol. The quantitative estimate of drug-likeness (QED) is 0.813. The van der Waals surface area contributed by atoms with Gasteiger partial charge in [-0.1, -0.05) is 12.1 Å². The summed E-state index contributed by atoms with van der Waals surface area (Å²) in [6.45, 7) is 0.0220. The SMILES string of the molecule is NCC(F)(Cc1cccc(F)c1)C1CC1. The van der Waals surface area contributed by atoms with Crippen LogP contribution in [0, 0.1) is 11.7 Å². The van der Waals surface area contributed by atoms with Crippen molar-refractivity contribution in [2.45, 2.75) is 24.9 Å². The maximum atomic E-state index is 14.3. The van der Waals surface area contributed by atoms with Crippen LogP contribution in [0.1, 0.15) is 18.4 Å². The number of alkyl halides is 1. The van der Waals surface area contributed by atoms with E-state index in [1.807, 2.05) is 0 Å². The molecule has 82 valence electrons. The van der Waals surface area contributed by atoms with Crippen molar-refractivity contribution in [3.05, 3.63) is 35.6 Å². The van der Waals surface area contributed by atoms with Crippen LogP contribution in [0.2, 0.25) is 0 Å². The monoisotopic (exact) mass is 211 g/mol. The lowest BCUT2D eigenvalue weighted by Gasteiger charge is -2.23. The molecule has 1 aromatic rings. The van der Waals surface area contributed by atoms with E-state index in [4.69, 9.17) is 5.73 Å². The molecule has 1 atom stereocenters. The molecular formula is C12H15F2N. The first kappa shape index (κ1) is 10.6. The molecule has 0 aliphatic heterocycles. The zero-order valence-corrected chi connectivity index (χ0v) is 8.55. The third kappa shape index (κ3) is 2.34. The molecule has 1 aliphatic rings. The number of hydrogen-bond donors (Lipinski definition) is 1. The minimum atomic E-state index is -1.34. The summed E-state index contributed by atoms with van der Waals surface area (Å²) in [5.41, 5.74) is 4.82. The molecule has 0 heterocycles. The highest BCUT2D eigenvalue weighted by Crippen LogP contribution is 2.43. The van der Waals surface area contributed by atoms with E-state index in [0.717, 1.165) is 12.8 Å². The molecule has 0 radical (unpaired) electrons. The first-order valence-corrected chi connectivity index (χ1v) is 5.27. The highest BCUT2D eigenvalue weighted by Gasteiger charge is 2.44. The molecule has 1 saturated carbocycles. The average molecular weight is 211 g/mol. The van der Waals surface area contributed by atoms with Crippen LogP contribution in [0.3, 0.4) is 0 Å². The molecule has 0 saturated heterocycles. The van der Waals surface area contributed by atoms with Gasteiger partial charge in [-0.15, -0.1) is 0 Å². The van der Waals surface area contributed by atoms with Gasteiger partial charge in [0.25, 0.3) is 0 Å². The van der Waals surface area contributed by atoms with E-state index < -0.39 is 5.67 Å². The maximum absolute atomic E-state index is 14.3. The molecule has 0 spiro atoms. The summed E-state index contributed by atoms with van der Waals surface area (Å²) in [4.78, 5) is 0. The zero-order chi connectivity index (χ0) is 10.9. The second-order valence-corrected chi connectivity index (χ2v) is 4.32. The fraction of sp³-hybridized carbons (Fsp3) is 0.500. The van der Waals surface area contributed by atoms with Gasteiger partial charge in [0.1, 0.15) is 11.5 Å². The van der Waals surface area contributed by atoms with Gasteiger partial charge >= 0.3 is 0 Å². The number of halogens is 2. The zero-order valence-electron chi connectivity index (χ0n) is 8.55. The third-order valence-electron chi connectivity index (χ3n) is 3.04. The van der Waals surface area contributed by atoms with Crippen LogP contribution in [-0.2, 0) is 6.42 Å². The topological polar surface area (TPSA) is 26.0 Å². The standard InChI is InChI=1S/C12H15F2N/c13-11-3-1-2-9(6-11)7-12(14,8-15)10-4-5-10/h1-3,6,10H,4-5,7-8,15H2. The fourth-order valence-corrected chi connectivity index (χ4v) is 1.97. The Morgan fingerprint density at radius 1 is 1.40 bits per heavy atom. The van der Waals surface area contributed by atoms with Crippen LogP contribution in [0.25, 0.3) is 0 Å². The normalized spacial score (nSPS) is 19.9. The van der Waals surface area contributed by atoms with Crippen molar-refractivity contribution in [2.75, 3.05) is 6.54 Å². The molecule has 1 unspecified atom stereocenters. The minimum Gasteiger partial charge on any atom is -0.328 e. The predicted molar refractivity (Wildman–Crippen MR) is 55.7 cm³/mol. The summed E-state index contributed by atoms with van der Waals surface area (Å²) in [5, 5.41) is 0. The Morgan fingerprint density at radius 3 is 2.67 bits per heavy atom. The molecule has 1 aliphatic carbocycles. The largest absolute Gasteiger partial charge is 0.328 e. The van der Waals surface area contributed by atoms with Gasteiger partial charge in [-0.25, -0.2) is 8.78 Å². The Labute approximate surface area is 88.3 Å². The summed E-state index contributed by atoms with van der Waals surface area (Å²) in [6, 6.07) is 6.10.